The number of carbonyl (C=O) groups is 2. The summed E-state index contributed by atoms with van der Waals surface area (Å²) >= 11 is 0.746. The molecule has 0 aliphatic rings. The van der Waals surface area contributed by atoms with E-state index in [1.54, 1.807) is 72.1 Å². The number of halogens is 3. The number of amides is 2. The summed E-state index contributed by atoms with van der Waals surface area (Å²) < 4.78 is 79.8. The number of phosphoric ester groups is 1. The highest BCUT2D eigenvalue weighted by Crippen LogP contribution is 2.56. The Bertz CT molecular complexity index is 2170. The summed E-state index contributed by atoms with van der Waals surface area (Å²) in [5, 5.41) is 6.06. The highest BCUT2D eigenvalue weighted by Gasteiger charge is 2.40. The number of thiazole rings is 1. The van der Waals surface area contributed by atoms with E-state index in [1.807, 2.05) is 20.8 Å². The molecule has 0 radical (unpaired) electrons. The summed E-state index contributed by atoms with van der Waals surface area (Å²) in [6.45, 7) is 19.4. The van der Waals surface area contributed by atoms with Crippen molar-refractivity contribution in [1.29, 1.82) is 0 Å². The molecule has 0 spiro atoms. The van der Waals surface area contributed by atoms with Gasteiger partial charge in [0, 0.05) is 40.8 Å². The van der Waals surface area contributed by atoms with E-state index in [0.29, 0.717) is 23.2 Å². The third-order valence-electron chi connectivity index (χ3n) is 7.84. The zero-order valence-electron chi connectivity index (χ0n) is 33.3. The van der Waals surface area contributed by atoms with Gasteiger partial charge in [-0.15, -0.1) is 11.3 Å². The van der Waals surface area contributed by atoms with Gasteiger partial charge in [-0.05, 0) is 84.6 Å². The van der Waals surface area contributed by atoms with Crippen molar-refractivity contribution in [3.05, 3.63) is 63.5 Å². The number of fused-ring (bicyclic) bond motifs is 1. The van der Waals surface area contributed by atoms with Crippen LogP contribution in [0.5, 0.6) is 0 Å². The molecule has 3 heterocycles. The number of alkyl halides is 3. The van der Waals surface area contributed by atoms with Crippen LogP contribution in [0.1, 0.15) is 98.3 Å². The molecule has 18 heteroatoms. The van der Waals surface area contributed by atoms with Crippen molar-refractivity contribution in [3.8, 4) is 21.7 Å². The highest BCUT2D eigenvalue weighted by atomic mass is 32.1. The molecule has 3 aromatic heterocycles. The Morgan fingerprint density at radius 3 is 2.14 bits per heavy atom. The van der Waals surface area contributed by atoms with Gasteiger partial charge in [-0.2, -0.15) is 13.2 Å². The molecule has 0 aliphatic carbocycles. The second-order valence-electron chi connectivity index (χ2n) is 15.9. The number of nitrogens with zero attached hydrogens (tertiary/aromatic N) is 3. The normalized spacial score (nSPS) is 13.5. The molecule has 13 nitrogen and oxygen atoms in total. The van der Waals surface area contributed by atoms with Crippen LogP contribution in [0.25, 0.3) is 32.6 Å². The van der Waals surface area contributed by atoms with Crippen molar-refractivity contribution >= 4 is 47.9 Å². The largest absolute Gasteiger partial charge is 0.475 e. The third-order valence-corrected chi connectivity index (χ3v) is 10.7. The zero-order chi connectivity index (χ0) is 42.0. The number of pyridine rings is 2. The number of esters is 1. The van der Waals surface area contributed by atoms with Gasteiger partial charge in [0.1, 0.15) is 16.4 Å². The molecule has 0 saturated carbocycles. The number of carbonyl (C=O) groups excluding carboxylic acids is 2. The van der Waals surface area contributed by atoms with E-state index in [9.17, 15) is 32.1 Å². The number of phosphoric acid groups is 1. The minimum Gasteiger partial charge on any atom is -0.462 e. The van der Waals surface area contributed by atoms with Crippen molar-refractivity contribution in [2.45, 2.75) is 99.6 Å². The topological polar surface area (TPSA) is 160 Å². The Kier molecular flexibility index (Phi) is 13.3. The van der Waals surface area contributed by atoms with Crippen LogP contribution in [0.4, 0.5) is 23.8 Å². The van der Waals surface area contributed by atoms with Crippen LogP contribution in [0.15, 0.2) is 46.8 Å². The van der Waals surface area contributed by atoms with Crippen molar-refractivity contribution < 1.29 is 45.6 Å². The van der Waals surface area contributed by atoms with Gasteiger partial charge in [0.15, 0.2) is 5.69 Å². The van der Waals surface area contributed by atoms with E-state index in [4.69, 9.17) is 18.3 Å². The van der Waals surface area contributed by atoms with Crippen LogP contribution in [0.3, 0.4) is 0 Å². The van der Waals surface area contributed by atoms with E-state index >= 15 is 0 Å². The van der Waals surface area contributed by atoms with Gasteiger partial charge in [-0.25, -0.2) is 24.1 Å². The molecule has 0 aliphatic heterocycles. The van der Waals surface area contributed by atoms with Gasteiger partial charge in [-0.1, -0.05) is 26.8 Å². The standard InChI is InChI=1S/C38H49F3N5O8PS/c1-12-42-34(49)45-30-17-23(32-44-28(21-56-32)38(39,40)41)25(18-43-30)22-14-15-27-24(16-22)31(47)26(33(48)51-13-2)19-46(27)29(35(3,4)5)20-52-55(50,53-36(6,7)8)54-37(9,10)11/h14-19,21,29H,12-13,20H2,1-11H3,(H2,42,43,45,49). The molecule has 2 amide bonds. The number of rotatable bonds is 12. The molecule has 2 N–H and O–H groups in total. The molecular weight excluding hydrogens is 774 g/mol. The molecule has 0 saturated heterocycles. The maximum atomic E-state index is 14.2. The first-order chi connectivity index (χ1) is 25.7. The Balaban J connectivity index is 1.97. The number of anilines is 1. The average Bonchev–Trinajstić information content (AvgIpc) is 3.55. The fourth-order valence-electron chi connectivity index (χ4n) is 5.57. The number of hydrogen-bond acceptors (Lipinski definition) is 11. The average molecular weight is 824 g/mol. The SMILES string of the molecule is CCNC(=O)Nc1cc(-c2nc(C(F)(F)F)cs2)c(-c2ccc3c(c2)c(=O)c(C(=O)OCC)cn3C(COP(=O)(OC(C)(C)C)OC(C)(C)C)C(C)(C)C)cn1. The lowest BCUT2D eigenvalue weighted by Gasteiger charge is -2.36. The second kappa shape index (κ2) is 16.8. The van der Waals surface area contributed by atoms with Crippen LogP contribution in [0, 0.1) is 5.41 Å². The number of hydrogen-bond donors (Lipinski definition) is 2. The lowest BCUT2D eigenvalue weighted by atomic mass is 9.86. The summed E-state index contributed by atoms with van der Waals surface area (Å²) in [5.74, 6) is -0.835. The van der Waals surface area contributed by atoms with Crippen LogP contribution >= 0.6 is 19.2 Å². The van der Waals surface area contributed by atoms with Gasteiger partial charge in [0.25, 0.3) is 0 Å². The molecule has 0 fully saturated rings. The van der Waals surface area contributed by atoms with Gasteiger partial charge in [0.2, 0.25) is 5.43 Å². The maximum Gasteiger partial charge on any atom is 0.475 e. The van der Waals surface area contributed by atoms with E-state index in [0.717, 1.165) is 16.7 Å². The van der Waals surface area contributed by atoms with Crippen LogP contribution < -0.4 is 16.1 Å². The molecule has 306 valence electrons. The Morgan fingerprint density at radius 2 is 1.61 bits per heavy atom. The second-order valence-corrected chi connectivity index (χ2v) is 18.3. The van der Waals surface area contributed by atoms with E-state index < -0.39 is 59.8 Å². The van der Waals surface area contributed by atoms with E-state index in [2.05, 4.69) is 20.6 Å². The number of ether oxygens (including phenoxy) is 1. The quantitative estimate of drug-likeness (QED) is 0.104. The predicted octanol–water partition coefficient (Wildman–Crippen LogP) is 9.87. The first-order valence-electron chi connectivity index (χ1n) is 17.9. The Morgan fingerprint density at radius 1 is 0.964 bits per heavy atom. The molecule has 4 aromatic rings. The van der Waals surface area contributed by atoms with Gasteiger partial charge < -0.3 is 14.6 Å². The Labute approximate surface area is 327 Å². The number of nitrogens with one attached hydrogen (secondary N) is 2. The Hall–Kier alpha value is -4.15. The maximum absolute atomic E-state index is 14.2. The van der Waals surface area contributed by atoms with E-state index in [1.165, 1.54) is 24.5 Å². The predicted molar refractivity (Wildman–Crippen MR) is 210 cm³/mol. The van der Waals surface area contributed by atoms with E-state index in [-0.39, 0.29) is 40.6 Å². The van der Waals surface area contributed by atoms with Gasteiger partial charge >= 0.3 is 26.0 Å². The van der Waals surface area contributed by atoms with Crippen molar-refractivity contribution in [2.24, 2.45) is 5.41 Å². The fraction of sp³-hybridized carbons (Fsp3) is 0.500. The molecule has 4 rings (SSSR count). The smallest absolute Gasteiger partial charge is 0.462 e. The molecule has 1 unspecified atom stereocenters. The number of aromatic nitrogens is 3. The van der Waals surface area contributed by atoms with Crippen LogP contribution in [-0.4, -0.2) is 57.5 Å². The van der Waals surface area contributed by atoms with Crippen LogP contribution in [-0.2, 0) is 29.0 Å². The van der Waals surface area contributed by atoms with Crippen molar-refractivity contribution in [2.75, 3.05) is 25.1 Å². The molecule has 0 bridgehead atoms. The van der Waals surface area contributed by atoms with Gasteiger partial charge in [-0.3, -0.25) is 23.7 Å². The summed E-state index contributed by atoms with van der Waals surface area (Å²) in [4.78, 5) is 47.9. The molecular formula is C38H49F3N5O8PS. The lowest BCUT2D eigenvalue weighted by Crippen LogP contribution is -2.32. The van der Waals surface area contributed by atoms with Gasteiger partial charge in [0.05, 0.1) is 36.0 Å². The zero-order valence-corrected chi connectivity index (χ0v) is 35.0. The lowest BCUT2D eigenvalue weighted by molar-refractivity contribution is -0.140. The van der Waals surface area contributed by atoms with Crippen molar-refractivity contribution in [3.63, 3.8) is 0 Å². The first kappa shape index (κ1) is 44.6. The minimum atomic E-state index is -4.71. The monoisotopic (exact) mass is 823 g/mol. The first-order valence-corrected chi connectivity index (χ1v) is 20.2. The minimum absolute atomic E-state index is 0.0148. The summed E-state index contributed by atoms with van der Waals surface area (Å²) in [6.07, 6.45) is -1.97. The van der Waals surface area contributed by atoms with Crippen molar-refractivity contribution in [1.82, 2.24) is 19.9 Å². The summed E-state index contributed by atoms with van der Waals surface area (Å²) in [7, 11) is -4.21. The number of benzene rings is 1. The number of urea groups is 1. The summed E-state index contributed by atoms with van der Waals surface area (Å²) in [5.41, 5.74) is -3.34. The van der Waals surface area contributed by atoms with Crippen LogP contribution in [0.2, 0.25) is 0 Å². The molecule has 1 aromatic carbocycles. The third kappa shape index (κ3) is 11.2. The molecule has 56 heavy (non-hydrogen) atoms. The fourth-order valence-corrected chi connectivity index (χ4v) is 8.23. The summed E-state index contributed by atoms with van der Waals surface area (Å²) in [6, 6.07) is 4.90. The highest BCUT2D eigenvalue weighted by molar-refractivity contribution is 7.48. The molecule has 1 atom stereocenters.